The quantitative estimate of drug-likeness (QED) is 0.257. The lowest BCUT2D eigenvalue weighted by atomic mass is 9.93. The summed E-state index contributed by atoms with van der Waals surface area (Å²) in [5, 5.41) is 23.3. The minimum Gasteiger partial charge on any atom is -0.289 e. The molecule has 0 saturated heterocycles. The number of nitro groups is 2. The molecule has 0 amide bonds. The first kappa shape index (κ1) is 19.7. The molecule has 0 radical (unpaired) electrons. The molecule has 0 spiro atoms. The SMILES string of the molecule is O=C1c2cc(-c3ccc4c(c3[N+](=O)[O-])C(=O)c3ccccc3-4)ccc2-c2ccc([N+](=O)[O-])cc21. The van der Waals surface area contributed by atoms with Gasteiger partial charge >= 0.3 is 0 Å². The van der Waals surface area contributed by atoms with Gasteiger partial charge in [-0.05, 0) is 40.5 Å². The third kappa shape index (κ3) is 2.53. The molecule has 162 valence electrons. The number of hydrogen-bond donors (Lipinski definition) is 0. The standard InChI is InChI=1S/C26H12N2O6/c29-25-21-11-13(5-7-17(21)18-8-6-14(27(31)32)12-22(18)25)15-9-10-19-16-3-1-2-4-20(16)26(30)23(19)24(15)28(33)34/h1-12H. The van der Waals surface area contributed by atoms with E-state index in [0.717, 1.165) is 0 Å². The largest absolute Gasteiger partial charge is 0.289 e. The Morgan fingerprint density at radius 2 is 1.12 bits per heavy atom. The van der Waals surface area contributed by atoms with E-state index in [-0.39, 0.29) is 33.8 Å². The summed E-state index contributed by atoms with van der Waals surface area (Å²) in [4.78, 5) is 48.2. The van der Waals surface area contributed by atoms with Crippen molar-refractivity contribution >= 4 is 22.9 Å². The second-order valence-electron chi connectivity index (χ2n) is 8.09. The fourth-order valence-electron chi connectivity index (χ4n) is 4.87. The molecule has 6 rings (SSSR count). The lowest BCUT2D eigenvalue weighted by Gasteiger charge is -2.09. The number of nitrogens with zero attached hydrogens (tertiary/aromatic N) is 2. The summed E-state index contributed by atoms with van der Waals surface area (Å²) in [6.07, 6.45) is 0. The number of fused-ring (bicyclic) bond motifs is 6. The Balaban J connectivity index is 1.53. The van der Waals surface area contributed by atoms with E-state index in [0.29, 0.717) is 38.9 Å². The molecular formula is C26H12N2O6. The number of benzene rings is 4. The van der Waals surface area contributed by atoms with Crippen LogP contribution in [0.25, 0.3) is 33.4 Å². The summed E-state index contributed by atoms with van der Waals surface area (Å²) < 4.78 is 0. The number of ketones is 2. The molecule has 0 saturated carbocycles. The monoisotopic (exact) mass is 448 g/mol. The first-order valence-electron chi connectivity index (χ1n) is 10.3. The van der Waals surface area contributed by atoms with Crippen molar-refractivity contribution in [2.75, 3.05) is 0 Å². The third-order valence-electron chi connectivity index (χ3n) is 6.37. The molecular weight excluding hydrogens is 436 g/mol. The van der Waals surface area contributed by atoms with Gasteiger partial charge in [0.2, 0.25) is 5.78 Å². The Kier molecular flexibility index (Phi) is 3.91. The van der Waals surface area contributed by atoms with E-state index in [9.17, 15) is 29.8 Å². The molecule has 2 aliphatic rings. The van der Waals surface area contributed by atoms with E-state index in [2.05, 4.69) is 0 Å². The zero-order valence-electron chi connectivity index (χ0n) is 17.3. The molecule has 4 aromatic carbocycles. The normalized spacial score (nSPS) is 12.7. The average Bonchev–Trinajstić information content (AvgIpc) is 3.29. The molecule has 0 fully saturated rings. The molecule has 2 aliphatic carbocycles. The van der Waals surface area contributed by atoms with Crippen LogP contribution in [0.1, 0.15) is 31.8 Å². The molecule has 8 nitrogen and oxygen atoms in total. The summed E-state index contributed by atoms with van der Waals surface area (Å²) in [5.74, 6) is -0.793. The van der Waals surface area contributed by atoms with E-state index in [4.69, 9.17) is 0 Å². The molecule has 8 heteroatoms. The molecule has 0 aromatic heterocycles. The van der Waals surface area contributed by atoms with Crippen LogP contribution in [0.5, 0.6) is 0 Å². The molecule has 0 N–H and O–H groups in total. The van der Waals surface area contributed by atoms with E-state index in [1.807, 2.05) is 0 Å². The minimum absolute atomic E-state index is 0.0365. The molecule has 4 aromatic rings. The molecule has 0 heterocycles. The zero-order valence-corrected chi connectivity index (χ0v) is 17.3. The smallest absolute Gasteiger partial charge is 0.288 e. The minimum atomic E-state index is -0.565. The fourth-order valence-corrected chi connectivity index (χ4v) is 4.87. The summed E-state index contributed by atoms with van der Waals surface area (Å²) in [6.45, 7) is 0. The van der Waals surface area contributed by atoms with Gasteiger partial charge in [-0.15, -0.1) is 0 Å². The highest BCUT2D eigenvalue weighted by molar-refractivity contribution is 6.25. The highest BCUT2D eigenvalue weighted by Gasteiger charge is 2.37. The van der Waals surface area contributed by atoms with Crippen molar-refractivity contribution in [2.45, 2.75) is 0 Å². The number of nitro benzene ring substituents is 2. The van der Waals surface area contributed by atoms with Crippen LogP contribution in [0.3, 0.4) is 0 Å². The fraction of sp³-hybridized carbons (Fsp3) is 0. The second kappa shape index (κ2) is 6.76. The van der Waals surface area contributed by atoms with Crippen LogP contribution in [-0.2, 0) is 0 Å². The van der Waals surface area contributed by atoms with E-state index in [1.54, 1.807) is 54.6 Å². The van der Waals surface area contributed by atoms with Crippen LogP contribution in [-0.4, -0.2) is 21.4 Å². The van der Waals surface area contributed by atoms with Gasteiger partial charge in [-0.3, -0.25) is 29.8 Å². The lowest BCUT2D eigenvalue weighted by molar-refractivity contribution is -0.384. The van der Waals surface area contributed by atoms with Crippen molar-refractivity contribution in [2.24, 2.45) is 0 Å². The Morgan fingerprint density at radius 3 is 1.82 bits per heavy atom. The van der Waals surface area contributed by atoms with Crippen LogP contribution < -0.4 is 0 Å². The predicted octanol–water partition coefficient (Wildman–Crippen LogP) is 5.59. The van der Waals surface area contributed by atoms with Gasteiger partial charge in [0.05, 0.1) is 15.4 Å². The van der Waals surface area contributed by atoms with Crippen molar-refractivity contribution < 1.29 is 19.4 Å². The van der Waals surface area contributed by atoms with Crippen molar-refractivity contribution in [1.82, 2.24) is 0 Å². The van der Waals surface area contributed by atoms with Crippen molar-refractivity contribution in [3.63, 3.8) is 0 Å². The van der Waals surface area contributed by atoms with Crippen LogP contribution in [0.4, 0.5) is 11.4 Å². The van der Waals surface area contributed by atoms with Gasteiger partial charge in [0.1, 0.15) is 5.56 Å². The predicted molar refractivity (Wildman–Crippen MR) is 123 cm³/mol. The van der Waals surface area contributed by atoms with Crippen molar-refractivity contribution in [1.29, 1.82) is 0 Å². The van der Waals surface area contributed by atoms with E-state index < -0.39 is 15.6 Å². The number of rotatable bonds is 3. The highest BCUT2D eigenvalue weighted by atomic mass is 16.6. The lowest BCUT2D eigenvalue weighted by Crippen LogP contribution is -2.03. The highest BCUT2D eigenvalue weighted by Crippen LogP contribution is 2.46. The van der Waals surface area contributed by atoms with Gasteiger partial charge in [-0.25, -0.2) is 0 Å². The summed E-state index contributed by atoms with van der Waals surface area (Å²) in [5.41, 5.74) is 3.45. The molecule has 0 aliphatic heterocycles. The van der Waals surface area contributed by atoms with E-state index >= 15 is 0 Å². The molecule has 0 bridgehead atoms. The maximum Gasteiger partial charge on any atom is 0.288 e. The van der Waals surface area contributed by atoms with Gasteiger partial charge in [-0.2, -0.15) is 0 Å². The van der Waals surface area contributed by atoms with Gasteiger partial charge in [0, 0.05) is 34.4 Å². The van der Waals surface area contributed by atoms with Crippen LogP contribution >= 0.6 is 0 Å². The first-order valence-corrected chi connectivity index (χ1v) is 10.3. The Morgan fingerprint density at radius 1 is 0.529 bits per heavy atom. The van der Waals surface area contributed by atoms with E-state index in [1.165, 1.54) is 18.2 Å². The number of carbonyl (C=O) groups excluding carboxylic acids is 2. The number of hydrogen-bond acceptors (Lipinski definition) is 6. The molecule has 34 heavy (non-hydrogen) atoms. The van der Waals surface area contributed by atoms with Crippen molar-refractivity contribution in [3.05, 3.63) is 115 Å². The maximum atomic E-state index is 13.1. The number of non-ortho nitro benzene ring substituents is 1. The molecule has 0 atom stereocenters. The first-order chi connectivity index (χ1) is 16.4. The number of carbonyl (C=O) groups is 2. The summed E-state index contributed by atoms with van der Waals surface area (Å²) in [7, 11) is 0. The topological polar surface area (TPSA) is 120 Å². The van der Waals surface area contributed by atoms with Gasteiger partial charge in [-0.1, -0.05) is 42.5 Å². The third-order valence-corrected chi connectivity index (χ3v) is 6.37. The van der Waals surface area contributed by atoms with Gasteiger partial charge in [0.15, 0.2) is 5.78 Å². The molecule has 0 unspecified atom stereocenters. The maximum absolute atomic E-state index is 13.1. The van der Waals surface area contributed by atoms with Crippen LogP contribution in [0, 0.1) is 20.2 Å². The summed E-state index contributed by atoms with van der Waals surface area (Å²) in [6, 6.07) is 19.2. The second-order valence-corrected chi connectivity index (χ2v) is 8.09. The van der Waals surface area contributed by atoms with Crippen molar-refractivity contribution in [3.8, 4) is 33.4 Å². The van der Waals surface area contributed by atoms with Crippen LogP contribution in [0.15, 0.2) is 72.8 Å². The van der Waals surface area contributed by atoms with Gasteiger partial charge < -0.3 is 0 Å². The van der Waals surface area contributed by atoms with Gasteiger partial charge in [0.25, 0.3) is 11.4 Å². The average molecular weight is 448 g/mol. The Hall–Kier alpha value is -4.98. The Labute approximate surface area is 191 Å². The Bertz CT molecular complexity index is 1650. The van der Waals surface area contributed by atoms with Crippen LogP contribution in [0.2, 0.25) is 0 Å². The summed E-state index contributed by atoms with van der Waals surface area (Å²) >= 11 is 0. The zero-order chi connectivity index (χ0) is 23.7.